The van der Waals surface area contributed by atoms with Crippen molar-refractivity contribution in [2.24, 2.45) is 0 Å². The Morgan fingerprint density at radius 2 is 2.25 bits per heavy atom. The highest BCUT2D eigenvalue weighted by Crippen LogP contribution is 2.25. The Kier molecular flexibility index (Phi) is 2.55. The molecule has 1 aromatic carbocycles. The minimum absolute atomic E-state index is 0.0390. The molecule has 0 atom stereocenters. The zero-order valence-electron chi connectivity index (χ0n) is 6.47. The summed E-state index contributed by atoms with van der Waals surface area (Å²) in [5.74, 6) is -0.223. The Hall–Kier alpha value is -1.22. The Balaban J connectivity index is 2.89. The average Bonchev–Trinajstić information content (AvgIpc) is 1.96. The van der Waals surface area contributed by atoms with Gasteiger partial charge in [-0.15, -0.1) is 0 Å². The maximum atomic E-state index is 10.6. The number of nitrogens with one attached hydrogen (secondary N) is 1. The number of rotatable bonds is 1. The number of carbonyl (C=O) groups excluding carboxylic acids is 1. The molecule has 0 saturated heterocycles. The van der Waals surface area contributed by atoms with Gasteiger partial charge in [0.15, 0.2) is 0 Å². The number of carbonyl (C=O) groups is 1. The molecule has 1 rings (SSSR count). The molecule has 1 amide bonds. The molecule has 64 valence electrons. The molecule has 0 fully saturated rings. The summed E-state index contributed by atoms with van der Waals surface area (Å²) in [7, 11) is 0. The molecular weight excluding hydrogens is 178 g/mol. The normalized spacial score (nSPS) is 9.50. The summed E-state index contributed by atoms with van der Waals surface area (Å²) in [6.45, 7) is 1.39. The van der Waals surface area contributed by atoms with Crippen LogP contribution >= 0.6 is 11.6 Å². The zero-order chi connectivity index (χ0) is 9.14. The third kappa shape index (κ3) is 2.13. The van der Waals surface area contributed by atoms with Gasteiger partial charge < -0.3 is 10.4 Å². The van der Waals surface area contributed by atoms with Crippen LogP contribution in [0.25, 0.3) is 0 Å². The van der Waals surface area contributed by atoms with Gasteiger partial charge in [-0.25, -0.2) is 0 Å². The molecule has 0 radical (unpaired) electrons. The van der Waals surface area contributed by atoms with Gasteiger partial charge in [0.1, 0.15) is 5.75 Å². The van der Waals surface area contributed by atoms with E-state index in [2.05, 4.69) is 5.32 Å². The summed E-state index contributed by atoms with van der Waals surface area (Å²) in [5, 5.41) is 11.9. The van der Waals surface area contributed by atoms with Gasteiger partial charge in [-0.2, -0.15) is 0 Å². The van der Waals surface area contributed by atoms with Crippen molar-refractivity contribution in [3.63, 3.8) is 0 Å². The lowest BCUT2D eigenvalue weighted by Crippen LogP contribution is -2.05. The van der Waals surface area contributed by atoms with E-state index >= 15 is 0 Å². The number of phenols is 1. The van der Waals surface area contributed by atoms with Gasteiger partial charge in [0.2, 0.25) is 5.91 Å². The third-order valence-corrected chi connectivity index (χ3v) is 1.59. The number of aromatic hydroxyl groups is 1. The van der Waals surface area contributed by atoms with E-state index in [0.717, 1.165) is 0 Å². The summed E-state index contributed by atoms with van der Waals surface area (Å²) in [5.41, 5.74) is 0.532. The topological polar surface area (TPSA) is 49.3 Å². The summed E-state index contributed by atoms with van der Waals surface area (Å²) in [6, 6.07) is 4.52. The monoisotopic (exact) mass is 185 g/mol. The number of benzene rings is 1. The number of hydrogen-bond donors (Lipinski definition) is 2. The highest BCUT2D eigenvalue weighted by molar-refractivity contribution is 6.32. The SMILES string of the molecule is CC(=O)Nc1ccc(Cl)c(O)c1. The Morgan fingerprint density at radius 1 is 1.58 bits per heavy atom. The molecule has 0 bridgehead atoms. The molecular formula is C8H8ClNO2. The predicted octanol–water partition coefficient (Wildman–Crippen LogP) is 2.00. The number of amides is 1. The van der Waals surface area contributed by atoms with E-state index in [-0.39, 0.29) is 16.7 Å². The van der Waals surface area contributed by atoms with Crippen LogP contribution in [0, 0.1) is 0 Å². The molecule has 0 aliphatic rings. The van der Waals surface area contributed by atoms with Gasteiger partial charge in [0.25, 0.3) is 0 Å². The minimum atomic E-state index is -0.184. The van der Waals surface area contributed by atoms with Crippen molar-refractivity contribution in [3.8, 4) is 5.75 Å². The molecule has 4 heteroatoms. The number of phenolic OH excluding ortho intramolecular Hbond substituents is 1. The largest absolute Gasteiger partial charge is 0.506 e. The van der Waals surface area contributed by atoms with Crippen LogP contribution in [-0.2, 0) is 4.79 Å². The smallest absolute Gasteiger partial charge is 0.221 e. The molecule has 0 unspecified atom stereocenters. The highest BCUT2D eigenvalue weighted by atomic mass is 35.5. The Bertz CT molecular complexity index is 312. The van der Waals surface area contributed by atoms with E-state index < -0.39 is 0 Å². The Labute approximate surface area is 75.0 Å². The molecule has 12 heavy (non-hydrogen) atoms. The third-order valence-electron chi connectivity index (χ3n) is 1.27. The van der Waals surface area contributed by atoms with Gasteiger partial charge in [-0.1, -0.05) is 11.6 Å². The number of hydrogen-bond acceptors (Lipinski definition) is 2. The number of halogens is 1. The van der Waals surface area contributed by atoms with E-state index in [9.17, 15) is 4.79 Å². The fraction of sp³-hybridized carbons (Fsp3) is 0.125. The lowest BCUT2D eigenvalue weighted by atomic mass is 10.3. The molecule has 0 aromatic heterocycles. The van der Waals surface area contributed by atoms with Crippen molar-refractivity contribution in [2.45, 2.75) is 6.92 Å². The fourth-order valence-corrected chi connectivity index (χ4v) is 0.911. The Morgan fingerprint density at radius 3 is 2.75 bits per heavy atom. The first-order valence-corrected chi connectivity index (χ1v) is 3.73. The summed E-state index contributed by atoms with van der Waals surface area (Å²) in [6.07, 6.45) is 0. The van der Waals surface area contributed by atoms with Crippen LogP contribution in [-0.4, -0.2) is 11.0 Å². The van der Waals surface area contributed by atoms with E-state index in [0.29, 0.717) is 5.69 Å². The second kappa shape index (κ2) is 3.45. The predicted molar refractivity (Wildman–Crippen MR) is 47.4 cm³/mol. The summed E-state index contributed by atoms with van der Waals surface area (Å²) in [4.78, 5) is 10.6. The van der Waals surface area contributed by atoms with E-state index in [1.807, 2.05) is 0 Å². The molecule has 0 aliphatic heterocycles. The summed E-state index contributed by atoms with van der Waals surface area (Å²) >= 11 is 5.55. The molecule has 0 saturated carbocycles. The van der Waals surface area contributed by atoms with Crippen molar-refractivity contribution in [1.82, 2.24) is 0 Å². The lowest BCUT2D eigenvalue weighted by molar-refractivity contribution is -0.114. The first-order chi connectivity index (χ1) is 5.59. The van der Waals surface area contributed by atoms with Crippen molar-refractivity contribution in [3.05, 3.63) is 23.2 Å². The van der Waals surface area contributed by atoms with Gasteiger partial charge in [0, 0.05) is 18.7 Å². The molecule has 2 N–H and O–H groups in total. The van der Waals surface area contributed by atoms with Crippen LogP contribution in [0.4, 0.5) is 5.69 Å². The zero-order valence-corrected chi connectivity index (χ0v) is 7.22. The summed E-state index contributed by atoms with van der Waals surface area (Å²) < 4.78 is 0. The van der Waals surface area contributed by atoms with E-state index in [4.69, 9.17) is 16.7 Å². The van der Waals surface area contributed by atoms with Crippen LogP contribution in [0.2, 0.25) is 5.02 Å². The van der Waals surface area contributed by atoms with Crippen LogP contribution in [0.3, 0.4) is 0 Å². The van der Waals surface area contributed by atoms with Gasteiger partial charge in [0.05, 0.1) is 5.02 Å². The fourth-order valence-electron chi connectivity index (χ4n) is 0.794. The van der Waals surface area contributed by atoms with Crippen LogP contribution < -0.4 is 5.32 Å². The minimum Gasteiger partial charge on any atom is -0.506 e. The van der Waals surface area contributed by atoms with Crippen LogP contribution in [0.1, 0.15) is 6.92 Å². The first-order valence-electron chi connectivity index (χ1n) is 3.35. The van der Waals surface area contributed by atoms with Gasteiger partial charge in [-0.05, 0) is 12.1 Å². The van der Waals surface area contributed by atoms with E-state index in [1.165, 1.54) is 19.1 Å². The second-order valence-electron chi connectivity index (χ2n) is 2.35. The first kappa shape index (κ1) is 8.87. The van der Waals surface area contributed by atoms with Gasteiger partial charge in [-0.3, -0.25) is 4.79 Å². The maximum absolute atomic E-state index is 10.6. The van der Waals surface area contributed by atoms with Crippen molar-refractivity contribution in [1.29, 1.82) is 0 Å². The second-order valence-corrected chi connectivity index (χ2v) is 2.75. The molecule has 0 aliphatic carbocycles. The van der Waals surface area contributed by atoms with Crippen LogP contribution in [0.5, 0.6) is 5.75 Å². The van der Waals surface area contributed by atoms with E-state index in [1.54, 1.807) is 6.07 Å². The maximum Gasteiger partial charge on any atom is 0.221 e. The van der Waals surface area contributed by atoms with Crippen molar-refractivity contribution in [2.75, 3.05) is 5.32 Å². The molecule has 0 heterocycles. The molecule has 1 aromatic rings. The highest BCUT2D eigenvalue weighted by Gasteiger charge is 2.00. The van der Waals surface area contributed by atoms with Crippen molar-refractivity contribution < 1.29 is 9.90 Å². The lowest BCUT2D eigenvalue weighted by Gasteiger charge is -2.02. The van der Waals surface area contributed by atoms with Gasteiger partial charge >= 0.3 is 0 Å². The molecule has 0 spiro atoms. The quantitative estimate of drug-likeness (QED) is 0.703. The van der Waals surface area contributed by atoms with Crippen LogP contribution in [0.15, 0.2) is 18.2 Å². The average molecular weight is 186 g/mol. The molecule has 3 nitrogen and oxygen atoms in total. The van der Waals surface area contributed by atoms with Crippen molar-refractivity contribution >= 4 is 23.2 Å². The standard InChI is InChI=1S/C8H8ClNO2/c1-5(11)10-6-2-3-7(9)8(12)4-6/h2-4,12H,1H3,(H,10,11). The number of anilines is 1.